The van der Waals surface area contributed by atoms with Crippen molar-refractivity contribution in [3.05, 3.63) is 60.7 Å². The van der Waals surface area contributed by atoms with Crippen molar-refractivity contribution < 1.29 is 9.59 Å². The zero-order valence-corrected chi connectivity index (χ0v) is 16.9. The number of hydrogen-bond acceptors (Lipinski definition) is 4. The molecular formula is C22H23N3O2S. The molecule has 0 aliphatic rings. The van der Waals surface area contributed by atoms with Crippen molar-refractivity contribution >= 4 is 28.3 Å². The number of carbonyl (C=O) groups is 2. The van der Waals surface area contributed by atoms with Crippen molar-refractivity contribution in [1.82, 2.24) is 10.3 Å². The van der Waals surface area contributed by atoms with Gasteiger partial charge in [0.25, 0.3) is 0 Å². The minimum absolute atomic E-state index is 0.0361. The molecule has 0 bridgehead atoms. The molecule has 3 aromatic rings. The van der Waals surface area contributed by atoms with Gasteiger partial charge in [0.1, 0.15) is 6.04 Å². The summed E-state index contributed by atoms with van der Waals surface area (Å²) in [5.41, 5.74) is 2.86. The van der Waals surface area contributed by atoms with Gasteiger partial charge in [-0.3, -0.25) is 9.59 Å². The summed E-state index contributed by atoms with van der Waals surface area (Å²) in [6.45, 7) is 5.20. The number of nitrogens with one attached hydrogen (secondary N) is 2. The minimum atomic E-state index is -0.609. The van der Waals surface area contributed by atoms with Crippen LogP contribution >= 0.6 is 11.3 Å². The van der Waals surface area contributed by atoms with Gasteiger partial charge in [-0.2, -0.15) is 0 Å². The normalized spacial score (nSPS) is 11.9. The fourth-order valence-electron chi connectivity index (χ4n) is 2.89. The highest BCUT2D eigenvalue weighted by atomic mass is 32.1. The van der Waals surface area contributed by atoms with Crippen LogP contribution in [-0.2, 0) is 9.59 Å². The van der Waals surface area contributed by atoms with Gasteiger partial charge in [0.05, 0.1) is 10.6 Å². The van der Waals surface area contributed by atoms with Crippen molar-refractivity contribution in [1.29, 1.82) is 0 Å². The van der Waals surface area contributed by atoms with Crippen LogP contribution in [0.4, 0.5) is 5.13 Å². The average molecular weight is 394 g/mol. The summed E-state index contributed by atoms with van der Waals surface area (Å²) in [5, 5.41) is 6.11. The number of rotatable bonds is 6. The Hall–Kier alpha value is -2.99. The zero-order chi connectivity index (χ0) is 20.1. The number of amides is 2. The van der Waals surface area contributed by atoms with Crippen LogP contribution in [0, 0.1) is 5.92 Å². The lowest BCUT2D eigenvalue weighted by Crippen LogP contribution is -2.46. The molecule has 1 aromatic heterocycles. The van der Waals surface area contributed by atoms with E-state index in [9.17, 15) is 9.59 Å². The molecule has 28 heavy (non-hydrogen) atoms. The molecule has 0 aliphatic heterocycles. The van der Waals surface area contributed by atoms with Gasteiger partial charge in [-0.15, -0.1) is 0 Å². The number of benzene rings is 2. The second kappa shape index (κ2) is 8.80. The fraction of sp³-hybridized carbons (Fsp3) is 0.227. The van der Waals surface area contributed by atoms with Gasteiger partial charge in [0, 0.05) is 12.5 Å². The van der Waals surface area contributed by atoms with E-state index in [0.29, 0.717) is 5.13 Å². The maximum absolute atomic E-state index is 12.7. The molecule has 0 aliphatic carbocycles. The van der Waals surface area contributed by atoms with E-state index in [1.54, 1.807) is 0 Å². The van der Waals surface area contributed by atoms with Crippen LogP contribution in [0.15, 0.2) is 60.7 Å². The van der Waals surface area contributed by atoms with Crippen LogP contribution in [0.5, 0.6) is 0 Å². The Morgan fingerprint density at radius 3 is 2.04 bits per heavy atom. The third-order valence-corrected chi connectivity index (χ3v) is 5.27. The lowest BCUT2D eigenvalue weighted by Gasteiger charge is -2.20. The largest absolute Gasteiger partial charge is 0.344 e. The maximum atomic E-state index is 12.7. The fourth-order valence-corrected chi connectivity index (χ4v) is 3.88. The highest BCUT2D eigenvalue weighted by Crippen LogP contribution is 2.38. The zero-order valence-electron chi connectivity index (χ0n) is 16.1. The molecule has 0 fully saturated rings. The van der Waals surface area contributed by atoms with E-state index in [4.69, 9.17) is 4.98 Å². The average Bonchev–Trinajstić information content (AvgIpc) is 3.11. The predicted molar refractivity (Wildman–Crippen MR) is 114 cm³/mol. The Morgan fingerprint density at radius 2 is 1.50 bits per heavy atom. The Bertz CT molecular complexity index is 895. The van der Waals surface area contributed by atoms with Crippen LogP contribution < -0.4 is 10.6 Å². The SMILES string of the molecule is CC(=O)N[C@H](C(=O)Nc1nc(-c2ccccc2)c(-c2ccccc2)s1)C(C)C. The summed E-state index contributed by atoms with van der Waals surface area (Å²) >= 11 is 1.43. The quantitative estimate of drug-likeness (QED) is 0.644. The molecule has 0 unspecified atom stereocenters. The Kier molecular flexibility index (Phi) is 6.21. The van der Waals surface area contributed by atoms with Gasteiger partial charge in [-0.1, -0.05) is 85.8 Å². The first-order chi connectivity index (χ1) is 13.5. The number of anilines is 1. The van der Waals surface area contributed by atoms with E-state index >= 15 is 0 Å². The summed E-state index contributed by atoms with van der Waals surface area (Å²) in [5.74, 6) is -0.535. The van der Waals surface area contributed by atoms with Gasteiger partial charge in [-0.25, -0.2) is 4.98 Å². The first-order valence-electron chi connectivity index (χ1n) is 9.15. The predicted octanol–water partition coefficient (Wildman–Crippen LogP) is 4.58. The number of nitrogens with zero attached hydrogens (tertiary/aromatic N) is 1. The summed E-state index contributed by atoms with van der Waals surface area (Å²) < 4.78 is 0. The monoisotopic (exact) mass is 393 g/mol. The van der Waals surface area contributed by atoms with E-state index in [1.807, 2.05) is 74.5 Å². The highest BCUT2D eigenvalue weighted by Gasteiger charge is 2.25. The molecule has 2 aromatic carbocycles. The van der Waals surface area contributed by atoms with Gasteiger partial charge in [0.2, 0.25) is 11.8 Å². The second-order valence-electron chi connectivity index (χ2n) is 6.84. The second-order valence-corrected chi connectivity index (χ2v) is 7.84. The van der Waals surface area contributed by atoms with Gasteiger partial charge in [-0.05, 0) is 11.5 Å². The van der Waals surface area contributed by atoms with Crippen LogP contribution in [0.25, 0.3) is 21.7 Å². The van der Waals surface area contributed by atoms with Gasteiger partial charge in [0.15, 0.2) is 5.13 Å². The number of hydrogen-bond donors (Lipinski definition) is 2. The molecule has 5 nitrogen and oxygen atoms in total. The lowest BCUT2D eigenvalue weighted by atomic mass is 10.0. The van der Waals surface area contributed by atoms with Crippen molar-refractivity contribution in [2.24, 2.45) is 5.92 Å². The molecule has 2 amide bonds. The third kappa shape index (κ3) is 4.64. The van der Waals surface area contributed by atoms with Crippen LogP contribution in [0.1, 0.15) is 20.8 Å². The number of thiazole rings is 1. The van der Waals surface area contributed by atoms with E-state index in [2.05, 4.69) is 10.6 Å². The molecule has 1 heterocycles. The molecule has 3 rings (SSSR count). The van der Waals surface area contributed by atoms with Crippen molar-refractivity contribution in [2.45, 2.75) is 26.8 Å². The van der Waals surface area contributed by atoms with Crippen molar-refractivity contribution in [3.63, 3.8) is 0 Å². The van der Waals surface area contributed by atoms with Crippen LogP contribution in [-0.4, -0.2) is 22.8 Å². The van der Waals surface area contributed by atoms with Crippen molar-refractivity contribution in [3.8, 4) is 21.7 Å². The molecule has 0 spiro atoms. The minimum Gasteiger partial charge on any atom is -0.344 e. The van der Waals surface area contributed by atoms with Crippen LogP contribution in [0.2, 0.25) is 0 Å². The summed E-state index contributed by atoms with van der Waals surface area (Å²) in [7, 11) is 0. The third-order valence-electron chi connectivity index (χ3n) is 4.25. The molecule has 0 radical (unpaired) electrons. The molecule has 0 saturated heterocycles. The Labute approximate surface area is 168 Å². The van der Waals surface area contributed by atoms with Gasteiger partial charge >= 0.3 is 0 Å². The molecule has 144 valence electrons. The highest BCUT2D eigenvalue weighted by molar-refractivity contribution is 7.19. The number of carbonyl (C=O) groups excluding carboxylic acids is 2. The Balaban J connectivity index is 1.95. The molecule has 1 atom stereocenters. The number of aromatic nitrogens is 1. The van der Waals surface area contributed by atoms with E-state index in [1.165, 1.54) is 18.3 Å². The van der Waals surface area contributed by atoms with E-state index in [0.717, 1.165) is 21.7 Å². The first-order valence-corrected chi connectivity index (χ1v) is 9.97. The molecule has 0 saturated carbocycles. The summed E-state index contributed by atoms with van der Waals surface area (Å²) in [4.78, 5) is 29.8. The molecular weight excluding hydrogens is 370 g/mol. The van der Waals surface area contributed by atoms with E-state index < -0.39 is 6.04 Å². The summed E-state index contributed by atoms with van der Waals surface area (Å²) in [6, 6.07) is 19.3. The van der Waals surface area contributed by atoms with Crippen molar-refractivity contribution in [2.75, 3.05) is 5.32 Å². The maximum Gasteiger partial charge on any atom is 0.248 e. The molecule has 6 heteroatoms. The smallest absolute Gasteiger partial charge is 0.248 e. The van der Waals surface area contributed by atoms with Gasteiger partial charge < -0.3 is 10.6 Å². The van der Waals surface area contributed by atoms with Crippen LogP contribution in [0.3, 0.4) is 0 Å². The first kappa shape index (κ1) is 19.8. The lowest BCUT2D eigenvalue weighted by molar-refractivity contribution is -0.126. The Morgan fingerprint density at radius 1 is 0.929 bits per heavy atom. The summed E-state index contributed by atoms with van der Waals surface area (Å²) in [6.07, 6.45) is 0. The standard InChI is InChI=1S/C22H23N3O2S/c1-14(2)18(23-15(3)26)21(27)25-22-24-19(16-10-6-4-7-11-16)20(28-22)17-12-8-5-9-13-17/h4-14,18H,1-3H3,(H,23,26)(H,24,25,27)/t18-/m0/s1. The molecule has 2 N–H and O–H groups in total. The topological polar surface area (TPSA) is 71.1 Å². The van der Waals surface area contributed by atoms with E-state index in [-0.39, 0.29) is 17.7 Å².